The van der Waals surface area contributed by atoms with Gasteiger partial charge in [0.15, 0.2) is 0 Å². The van der Waals surface area contributed by atoms with Gasteiger partial charge in [0.05, 0.1) is 6.07 Å². The van der Waals surface area contributed by atoms with Crippen molar-refractivity contribution in [3.63, 3.8) is 0 Å². The minimum Gasteiger partial charge on any atom is -0.493 e. The van der Waals surface area contributed by atoms with Gasteiger partial charge in [0.2, 0.25) is 5.88 Å². The molecule has 72 valence electrons. The molecule has 0 saturated carbocycles. The molecule has 4 heteroatoms. The highest BCUT2D eigenvalue weighted by Crippen LogP contribution is 2.05. The smallest absolute Gasteiger partial charge is 0.254 e. The Labute approximate surface area is 76.7 Å². The quantitative estimate of drug-likeness (QED) is 0.734. The van der Waals surface area contributed by atoms with E-state index in [2.05, 4.69) is 23.8 Å². The molecule has 0 bridgehead atoms. The van der Waals surface area contributed by atoms with Gasteiger partial charge in [-0.05, 0) is 12.3 Å². The average molecular weight is 182 g/mol. The second-order valence-electron chi connectivity index (χ2n) is 3.48. The largest absolute Gasteiger partial charge is 0.493 e. The van der Waals surface area contributed by atoms with E-state index >= 15 is 0 Å². The summed E-state index contributed by atoms with van der Waals surface area (Å²) in [5.41, 5.74) is -0.300. The van der Waals surface area contributed by atoms with Crippen LogP contribution < -0.4 is 5.56 Å². The number of nitrogens with zero attached hydrogens (tertiary/aromatic N) is 1. The zero-order valence-electron chi connectivity index (χ0n) is 7.87. The lowest BCUT2D eigenvalue weighted by molar-refractivity contribution is 0.445. The van der Waals surface area contributed by atoms with Crippen LogP contribution in [0.1, 0.15) is 26.1 Å². The Bertz CT molecular complexity index is 331. The van der Waals surface area contributed by atoms with E-state index in [4.69, 9.17) is 5.11 Å². The van der Waals surface area contributed by atoms with Crippen molar-refractivity contribution in [1.82, 2.24) is 9.97 Å². The number of aromatic hydroxyl groups is 1. The number of aromatic nitrogens is 2. The molecular formula is C9H14N2O2. The molecule has 0 aromatic carbocycles. The van der Waals surface area contributed by atoms with E-state index < -0.39 is 0 Å². The zero-order valence-corrected chi connectivity index (χ0v) is 7.87. The van der Waals surface area contributed by atoms with E-state index in [-0.39, 0.29) is 11.4 Å². The lowest BCUT2D eigenvalue weighted by Crippen LogP contribution is -2.10. The minimum atomic E-state index is -0.300. The summed E-state index contributed by atoms with van der Waals surface area (Å²) in [6.07, 6.45) is 1.65. The standard InChI is InChI=1S/C9H14N2O2/c1-6(2)3-4-7-10-8(12)5-9(13)11-7/h5-6H,3-4H2,1-2H3,(H2,10,11,12,13). The molecule has 13 heavy (non-hydrogen) atoms. The Hall–Kier alpha value is -1.32. The Kier molecular flexibility index (Phi) is 3.06. The first-order chi connectivity index (χ1) is 6.08. The summed E-state index contributed by atoms with van der Waals surface area (Å²) in [4.78, 5) is 17.3. The van der Waals surface area contributed by atoms with Crippen LogP contribution in [0.15, 0.2) is 10.9 Å². The fourth-order valence-electron chi connectivity index (χ4n) is 1.04. The summed E-state index contributed by atoms with van der Waals surface area (Å²) in [6.45, 7) is 4.20. The summed E-state index contributed by atoms with van der Waals surface area (Å²) in [5, 5.41) is 9.03. The number of nitrogens with one attached hydrogen (secondary N) is 1. The van der Waals surface area contributed by atoms with Crippen LogP contribution in [0.25, 0.3) is 0 Å². The maximum absolute atomic E-state index is 10.9. The van der Waals surface area contributed by atoms with E-state index in [0.717, 1.165) is 12.5 Å². The fraction of sp³-hybridized carbons (Fsp3) is 0.556. The average Bonchev–Trinajstić information content (AvgIpc) is 1.99. The Balaban J connectivity index is 2.72. The summed E-state index contributed by atoms with van der Waals surface area (Å²) in [5.74, 6) is 0.911. The van der Waals surface area contributed by atoms with Crippen LogP contribution >= 0.6 is 0 Å². The van der Waals surface area contributed by atoms with E-state index in [1.54, 1.807) is 0 Å². The van der Waals surface area contributed by atoms with Gasteiger partial charge in [-0.15, -0.1) is 0 Å². The molecule has 4 nitrogen and oxygen atoms in total. The molecule has 0 spiro atoms. The van der Waals surface area contributed by atoms with Crippen molar-refractivity contribution in [2.24, 2.45) is 5.92 Å². The fourth-order valence-corrected chi connectivity index (χ4v) is 1.04. The van der Waals surface area contributed by atoms with Gasteiger partial charge in [0, 0.05) is 6.42 Å². The Morgan fingerprint density at radius 1 is 1.62 bits per heavy atom. The van der Waals surface area contributed by atoms with Crippen LogP contribution in [0.3, 0.4) is 0 Å². The van der Waals surface area contributed by atoms with Crippen LogP contribution in [0, 0.1) is 5.92 Å². The van der Waals surface area contributed by atoms with Crippen molar-refractivity contribution in [3.05, 3.63) is 22.2 Å². The molecule has 0 aliphatic rings. The first-order valence-electron chi connectivity index (χ1n) is 4.37. The predicted molar refractivity (Wildman–Crippen MR) is 49.7 cm³/mol. The molecule has 0 atom stereocenters. The van der Waals surface area contributed by atoms with E-state index in [1.165, 1.54) is 0 Å². The Morgan fingerprint density at radius 3 is 2.85 bits per heavy atom. The number of rotatable bonds is 3. The number of aryl methyl sites for hydroxylation is 1. The van der Waals surface area contributed by atoms with Gasteiger partial charge in [-0.2, -0.15) is 0 Å². The van der Waals surface area contributed by atoms with Gasteiger partial charge in [-0.1, -0.05) is 13.8 Å². The molecule has 1 aromatic rings. The van der Waals surface area contributed by atoms with Crippen LogP contribution in [0.5, 0.6) is 5.88 Å². The molecule has 0 aliphatic carbocycles. The molecule has 0 aliphatic heterocycles. The van der Waals surface area contributed by atoms with Crippen LogP contribution in [-0.4, -0.2) is 15.1 Å². The minimum absolute atomic E-state index is 0.206. The van der Waals surface area contributed by atoms with Crippen molar-refractivity contribution in [2.45, 2.75) is 26.7 Å². The van der Waals surface area contributed by atoms with E-state index in [1.807, 2.05) is 0 Å². The summed E-state index contributed by atoms with van der Waals surface area (Å²) >= 11 is 0. The molecule has 1 rings (SSSR count). The topological polar surface area (TPSA) is 66.0 Å². The van der Waals surface area contributed by atoms with Crippen molar-refractivity contribution >= 4 is 0 Å². The predicted octanol–water partition coefficient (Wildman–Crippen LogP) is 1.06. The van der Waals surface area contributed by atoms with E-state index in [9.17, 15) is 4.79 Å². The van der Waals surface area contributed by atoms with Gasteiger partial charge >= 0.3 is 0 Å². The normalized spacial score (nSPS) is 10.7. The molecule has 1 aromatic heterocycles. The molecule has 1 heterocycles. The van der Waals surface area contributed by atoms with Crippen molar-refractivity contribution < 1.29 is 5.11 Å². The highest BCUT2D eigenvalue weighted by Gasteiger charge is 2.01. The number of aromatic amines is 1. The first kappa shape index (κ1) is 9.77. The third-order valence-corrected chi connectivity index (χ3v) is 1.74. The zero-order chi connectivity index (χ0) is 9.84. The van der Waals surface area contributed by atoms with Crippen molar-refractivity contribution in [3.8, 4) is 5.88 Å². The van der Waals surface area contributed by atoms with E-state index in [0.29, 0.717) is 18.2 Å². The number of hydrogen-bond donors (Lipinski definition) is 2. The monoisotopic (exact) mass is 182 g/mol. The van der Waals surface area contributed by atoms with Crippen LogP contribution in [0.2, 0.25) is 0 Å². The van der Waals surface area contributed by atoms with Crippen LogP contribution in [-0.2, 0) is 6.42 Å². The molecule has 0 amide bonds. The first-order valence-corrected chi connectivity index (χ1v) is 4.37. The maximum Gasteiger partial charge on any atom is 0.254 e. The summed E-state index contributed by atoms with van der Waals surface area (Å²) < 4.78 is 0. The molecule has 0 fully saturated rings. The summed E-state index contributed by atoms with van der Waals surface area (Å²) in [6, 6.07) is 1.07. The second kappa shape index (κ2) is 4.07. The number of H-pyrrole nitrogens is 1. The SMILES string of the molecule is CC(C)CCc1nc(O)cc(=O)[nH]1. The van der Waals surface area contributed by atoms with Crippen molar-refractivity contribution in [1.29, 1.82) is 0 Å². The second-order valence-corrected chi connectivity index (χ2v) is 3.48. The lowest BCUT2D eigenvalue weighted by Gasteiger charge is -2.03. The third kappa shape index (κ3) is 3.27. The maximum atomic E-state index is 10.9. The molecule has 0 radical (unpaired) electrons. The van der Waals surface area contributed by atoms with Gasteiger partial charge in [0.1, 0.15) is 5.82 Å². The highest BCUT2D eigenvalue weighted by molar-refractivity contribution is 5.06. The molecular weight excluding hydrogens is 168 g/mol. The Morgan fingerprint density at radius 2 is 2.31 bits per heavy atom. The lowest BCUT2D eigenvalue weighted by atomic mass is 10.1. The van der Waals surface area contributed by atoms with Crippen LogP contribution in [0.4, 0.5) is 0 Å². The van der Waals surface area contributed by atoms with Gasteiger partial charge in [-0.3, -0.25) is 4.79 Å². The molecule has 0 saturated heterocycles. The van der Waals surface area contributed by atoms with Gasteiger partial charge in [0.25, 0.3) is 5.56 Å². The van der Waals surface area contributed by atoms with Gasteiger partial charge < -0.3 is 10.1 Å². The van der Waals surface area contributed by atoms with Crippen molar-refractivity contribution in [2.75, 3.05) is 0 Å². The molecule has 2 N–H and O–H groups in total. The highest BCUT2D eigenvalue weighted by atomic mass is 16.3. The molecule has 0 unspecified atom stereocenters. The van der Waals surface area contributed by atoms with Gasteiger partial charge in [-0.25, -0.2) is 4.98 Å². The summed E-state index contributed by atoms with van der Waals surface area (Å²) in [7, 11) is 0. The third-order valence-electron chi connectivity index (χ3n) is 1.74. The number of hydrogen-bond acceptors (Lipinski definition) is 3.